The lowest BCUT2D eigenvalue weighted by Crippen LogP contribution is -2.37. The van der Waals surface area contributed by atoms with Gasteiger partial charge in [0, 0.05) is 58.2 Å². The van der Waals surface area contributed by atoms with E-state index in [0.717, 1.165) is 49.1 Å². The smallest absolute Gasteiger partial charge is 0.327 e. The van der Waals surface area contributed by atoms with Crippen LogP contribution in [0.4, 0.5) is 33.6 Å². The molecule has 2 aliphatic rings. The molecule has 1 unspecified atom stereocenters. The minimum atomic E-state index is -0.174. The number of amides is 2. The summed E-state index contributed by atoms with van der Waals surface area (Å²) in [5.74, 6) is 3.10. The Hall–Kier alpha value is -3.03. The molecular formula is C22H31N7O. The van der Waals surface area contributed by atoms with Gasteiger partial charge in [0.2, 0.25) is 0 Å². The first kappa shape index (κ1) is 20.3. The van der Waals surface area contributed by atoms with Crippen LogP contribution in [0.15, 0.2) is 30.5 Å². The van der Waals surface area contributed by atoms with Gasteiger partial charge in [0.05, 0.1) is 5.69 Å². The maximum Gasteiger partial charge on any atom is 0.327 e. The summed E-state index contributed by atoms with van der Waals surface area (Å²) in [7, 11) is 3.86. The van der Waals surface area contributed by atoms with Crippen molar-refractivity contribution < 1.29 is 4.79 Å². The van der Waals surface area contributed by atoms with Gasteiger partial charge >= 0.3 is 6.03 Å². The van der Waals surface area contributed by atoms with E-state index in [1.165, 1.54) is 12.8 Å². The minimum absolute atomic E-state index is 0.174. The van der Waals surface area contributed by atoms with Crippen LogP contribution < -0.4 is 25.3 Å². The second-order valence-corrected chi connectivity index (χ2v) is 8.39. The molecule has 2 amide bonds. The summed E-state index contributed by atoms with van der Waals surface area (Å²) in [6.07, 6.45) is 5.01. The molecule has 8 heteroatoms. The maximum atomic E-state index is 13.2. The Morgan fingerprint density at radius 2 is 2.10 bits per heavy atom. The highest BCUT2D eigenvalue weighted by Crippen LogP contribution is 2.31. The molecule has 30 heavy (non-hydrogen) atoms. The third-order valence-corrected chi connectivity index (χ3v) is 5.67. The zero-order valence-corrected chi connectivity index (χ0v) is 18.1. The van der Waals surface area contributed by atoms with Crippen LogP contribution in [0, 0.1) is 5.92 Å². The van der Waals surface area contributed by atoms with Gasteiger partial charge in [-0.15, -0.1) is 0 Å². The molecule has 2 N–H and O–H groups in total. The Labute approximate surface area is 178 Å². The van der Waals surface area contributed by atoms with Crippen molar-refractivity contribution in [2.75, 3.05) is 65.6 Å². The van der Waals surface area contributed by atoms with Gasteiger partial charge in [0.25, 0.3) is 0 Å². The molecule has 0 saturated carbocycles. The quantitative estimate of drug-likeness (QED) is 0.806. The Morgan fingerprint density at radius 3 is 2.90 bits per heavy atom. The molecule has 2 aromatic heterocycles. The summed E-state index contributed by atoms with van der Waals surface area (Å²) >= 11 is 0. The van der Waals surface area contributed by atoms with E-state index in [1.807, 2.05) is 25.1 Å². The maximum absolute atomic E-state index is 13.2. The summed E-state index contributed by atoms with van der Waals surface area (Å²) in [6, 6.07) is 7.62. The number of anilines is 5. The monoisotopic (exact) mass is 409 g/mol. The number of rotatable bonds is 3. The number of aromatic nitrogens is 2. The van der Waals surface area contributed by atoms with Gasteiger partial charge in [-0.3, -0.25) is 4.90 Å². The first-order chi connectivity index (χ1) is 14.5. The zero-order valence-electron chi connectivity index (χ0n) is 18.1. The molecule has 2 aliphatic heterocycles. The standard InChI is InChI=1S/C22H31N7O/c1-16-6-4-12-28(15-16)19-8-7-18-21(26-19)29(13-5-10-23-18)22(30)25-17-9-11-24-20(14-17)27(2)3/h7-9,11,14,16,23H,4-6,10,12-13,15H2,1-3H3,(H,24,25,30). The molecule has 0 aliphatic carbocycles. The SMILES string of the molecule is CC1CCCN(c2ccc3c(n2)N(C(=O)Nc2ccnc(N(C)C)c2)CCCN3)C1. The predicted molar refractivity (Wildman–Crippen MR) is 123 cm³/mol. The lowest BCUT2D eigenvalue weighted by molar-refractivity contribution is 0.257. The average Bonchev–Trinajstić information content (AvgIpc) is 2.96. The van der Waals surface area contributed by atoms with Crippen molar-refractivity contribution in [3.8, 4) is 0 Å². The molecule has 160 valence electrons. The van der Waals surface area contributed by atoms with E-state index in [0.29, 0.717) is 18.3 Å². The van der Waals surface area contributed by atoms with E-state index in [9.17, 15) is 4.79 Å². The Balaban J connectivity index is 1.59. The number of pyridine rings is 2. The minimum Gasteiger partial charge on any atom is -0.382 e. The summed E-state index contributed by atoms with van der Waals surface area (Å²) in [6.45, 7) is 5.74. The topological polar surface area (TPSA) is 76.6 Å². The number of nitrogens with zero attached hydrogens (tertiary/aromatic N) is 5. The summed E-state index contributed by atoms with van der Waals surface area (Å²) in [5, 5.41) is 6.44. The number of carbonyl (C=O) groups is 1. The van der Waals surface area contributed by atoms with Crippen molar-refractivity contribution in [1.29, 1.82) is 0 Å². The van der Waals surface area contributed by atoms with Crippen molar-refractivity contribution in [3.63, 3.8) is 0 Å². The van der Waals surface area contributed by atoms with Gasteiger partial charge in [-0.05, 0) is 43.4 Å². The second-order valence-electron chi connectivity index (χ2n) is 8.39. The van der Waals surface area contributed by atoms with Crippen molar-refractivity contribution >= 4 is 34.9 Å². The molecule has 1 saturated heterocycles. The van der Waals surface area contributed by atoms with E-state index in [2.05, 4.69) is 39.6 Å². The predicted octanol–water partition coefficient (Wildman–Crippen LogP) is 3.63. The molecule has 0 spiro atoms. The first-order valence-corrected chi connectivity index (χ1v) is 10.7. The Kier molecular flexibility index (Phi) is 5.92. The molecule has 8 nitrogen and oxygen atoms in total. The first-order valence-electron chi connectivity index (χ1n) is 10.7. The normalized spacial score (nSPS) is 18.8. The number of nitrogens with one attached hydrogen (secondary N) is 2. The molecule has 1 atom stereocenters. The molecule has 4 rings (SSSR count). The van der Waals surface area contributed by atoms with Crippen LogP contribution in [0.25, 0.3) is 0 Å². The van der Waals surface area contributed by atoms with Gasteiger partial charge in [-0.25, -0.2) is 14.8 Å². The van der Waals surface area contributed by atoms with Crippen molar-refractivity contribution in [3.05, 3.63) is 30.5 Å². The fourth-order valence-corrected chi connectivity index (χ4v) is 4.05. The highest BCUT2D eigenvalue weighted by Gasteiger charge is 2.25. The third kappa shape index (κ3) is 4.42. The Bertz CT molecular complexity index is 901. The molecule has 1 fully saturated rings. The van der Waals surface area contributed by atoms with Gasteiger partial charge in [-0.2, -0.15) is 0 Å². The third-order valence-electron chi connectivity index (χ3n) is 5.67. The molecule has 0 radical (unpaired) electrons. The number of fused-ring (bicyclic) bond motifs is 1. The number of urea groups is 1. The van der Waals surface area contributed by atoms with Crippen LogP contribution in [-0.4, -0.2) is 56.3 Å². The average molecular weight is 410 g/mol. The van der Waals surface area contributed by atoms with E-state index < -0.39 is 0 Å². The lowest BCUT2D eigenvalue weighted by atomic mass is 10.0. The van der Waals surface area contributed by atoms with Gasteiger partial charge < -0.3 is 20.4 Å². The van der Waals surface area contributed by atoms with Crippen LogP contribution in [0.3, 0.4) is 0 Å². The molecule has 4 heterocycles. The summed E-state index contributed by atoms with van der Waals surface area (Å²) < 4.78 is 0. The van der Waals surface area contributed by atoms with Crippen LogP contribution in [0.1, 0.15) is 26.2 Å². The molecule has 0 aromatic carbocycles. The van der Waals surface area contributed by atoms with E-state index >= 15 is 0 Å². The number of piperidine rings is 1. The Morgan fingerprint density at radius 1 is 1.23 bits per heavy atom. The van der Waals surface area contributed by atoms with Crippen molar-refractivity contribution in [2.45, 2.75) is 26.2 Å². The van der Waals surface area contributed by atoms with E-state index in [4.69, 9.17) is 4.98 Å². The molecule has 2 aromatic rings. The molecule has 0 bridgehead atoms. The largest absolute Gasteiger partial charge is 0.382 e. The molecular weight excluding hydrogens is 378 g/mol. The van der Waals surface area contributed by atoms with Gasteiger partial charge in [-0.1, -0.05) is 6.92 Å². The lowest BCUT2D eigenvalue weighted by Gasteiger charge is -2.32. The number of carbonyl (C=O) groups excluding carboxylic acids is 1. The summed E-state index contributed by atoms with van der Waals surface area (Å²) in [4.78, 5) is 28.4. The number of hydrogen-bond donors (Lipinski definition) is 2. The van der Waals surface area contributed by atoms with E-state index in [1.54, 1.807) is 17.2 Å². The van der Waals surface area contributed by atoms with Crippen LogP contribution in [-0.2, 0) is 0 Å². The highest BCUT2D eigenvalue weighted by atomic mass is 16.2. The van der Waals surface area contributed by atoms with E-state index in [-0.39, 0.29) is 6.03 Å². The van der Waals surface area contributed by atoms with Crippen molar-refractivity contribution in [2.24, 2.45) is 5.92 Å². The van der Waals surface area contributed by atoms with Gasteiger partial charge in [0.15, 0.2) is 5.82 Å². The second kappa shape index (κ2) is 8.77. The van der Waals surface area contributed by atoms with Crippen LogP contribution in [0.5, 0.6) is 0 Å². The fraction of sp³-hybridized carbons (Fsp3) is 0.500. The number of hydrogen-bond acceptors (Lipinski definition) is 6. The fourth-order valence-electron chi connectivity index (χ4n) is 4.05. The van der Waals surface area contributed by atoms with Crippen LogP contribution >= 0.6 is 0 Å². The van der Waals surface area contributed by atoms with Gasteiger partial charge in [0.1, 0.15) is 11.6 Å². The van der Waals surface area contributed by atoms with Crippen LogP contribution in [0.2, 0.25) is 0 Å². The van der Waals surface area contributed by atoms with Crippen molar-refractivity contribution in [1.82, 2.24) is 9.97 Å². The zero-order chi connectivity index (χ0) is 21.1. The summed E-state index contributed by atoms with van der Waals surface area (Å²) in [5.41, 5.74) is 1.62. The highest BCUT2D eigenvalue weighted by molar-refractivity contribution is 6.03.